The van der Waals surface area contributed by atoms with Crippen molar-refractivity contribution in [3.63, 3.8) is 0 Å². The fraction of sp³-hybridized carbons (Fsp3) is 0. The van der Waals surface area contributed by atoms with Gasteiger partial charge < -0.3 is 14.4 Å². The molecule has 0 aliphatic carbocycles. The van der Waals surface area contributed by atoms with E-state index in [0.29, 0.717) is 17.5 Å². The molecule has 3 aliphatic heterocycles. The highest BCUT2D eigenvalue weighted by Crippen LogP contribution is 2.45. The number of ether oxygens (including phenoxy) is 2. The number of benzene rings is 6. The zero-order valence-corrected chi connectivity index (χ0v) is 24.5. The van der Waals surface area contributed by atoms with Crippen molar-refractivity contribution >= 4 is 40.2 Å². The first-order valence-corrected chi connectivity index (χ1v) is 15.3. The van der Waals surface area contributed by atoms with Gasteiger partial charge in [0.1, 0.15) is 23.0 Å². The van der Waals surface area contributed by atoms with Crippen LogP contribution in [0.2, 0.25) is 0 Å². The van der Waals surface area contributed by atoms with Crippen molar-refractivity contribution < 1.29 is 9.47 Å². The molecule has 0 saturated heterocycles. The minimum Gasteiger partial charge on any atom is -0.458 e. The highest BCUT2D eigenvalue weighted by Gasteiger charge is 2.47. The fourth-order valence-electron chi connectivity index (χ4n) is 6.97. The topological polar surface area (TPSA) is 60.4 Å². The molecule has 0 unspecified atom stereocenters. The molecule has 0 saturated carbocycles. The first kappa shape index (κ1) is 25.2. The Morgan fingerprint density at radius 1 is 0.391 bits per heavy atom. The second-order valence-corrected chi connectivity index (χ2v) is 11.6. The van der Waals surface area contributed by atoms with Crippen LogP contribution in [0.15, 0.2) is 140 Å². The molecule has 0 N–H and O–H groups in total. The van der Waals surface area contributed by atoms with Crippen molar-refractivity contribution in [1.29, 1.82) is 0 Å². The first-order chi connectivity index (χ1) is 22.8. The number of hydrogen-bond acceptors (Lipinski definition) is 6. The third-order valence-electron chi connectivity index (χ3n) is 8.98. The lowest BCUT2D eigenvalue weighted by molar-refractivity contribution is 0.464. The van der Waals surface area contributed by atoms with Crippen molar-refractivity contribution in [3.8, 4) is 57.2 Å². The van der Waals surface area contributed by atoms with Crippen LogP contribution in [0.25, 0.3) is 34.2 Å². The van der Waals surface area contributed by atoms with Gasteiger partial charge in [-0.3, -0.25) is 0 Å². The van der Waals surface area contributed by atoms with Crippen molar-refractivity contribution in [2.45, 2.75) is 0 Å². The summed E-state index contributed by atoms with van der Waals surface area (Å²) in [5.74, 6) is 5.37. The lowest BCUT2D eigenvalue weighted by Crippen LogP contribution is -2.61. The Balaban J connectivity index is 1.11. The molecule has 214 valence electrons. The molecule has 7 heteroatoms. The molecule has 0 bridgehead atoms. The molecule has 0 amide bonds. The van der Waals surface area contributed by atoms with E-state index in [-0.39, 0.29) is 6.71 Å². The Morgan fingerprint density at radius 3 is 1.28 bits per heavy atom. The van der Waals surface area contributed by atoms with Gasteiger partial charge in [-0.25, -0.2) is 15.0 Å². The summed E-state index contributed by atoms with van der Waals surface area (Å²) in [6, 6.07) is 47.2. The van der Waals surface area contributed by atoms with Gasteiger partial charge in [0.25, 0.3) is 6.71 Å². The third kappa shape index (κ3) is 3.69. The number of hydrogen-bond donors (Lipinski definition) is 0. The van der Waals surface area contributed by atoms with Crippen LogP contribution >= 0.6 is 0 Å². The van der Waals surface area contributed by atoms with Crippen LogP contribution in [0.3, 0.4) is 0 Å². The number of aromatic nitrogens is 3. The van der Waals surface area contributed by atoms with Gasteiger partial charge in [0.15, 0.2) is 17.5 Å². The van der Waals surface area contributed by atoms with Gasteiger partial charge in [0.05, 0.1) is 0 Å². The molecule has 7 aromatic rings. The largest absolute Gasteiger partial charge is 0.458 e. The lowest BCUT2D eigenvalue weighted by atomic mass is 9.33. The monoisotopic (exact) mass is 590 g/mol. The average Bonchev–Trinajstić information content (AvgIpc) is 3.12. The van der Waals surface area contributed by atoms with Crippen molar-refractivity contribution in [2.24, 2.45) is 0 Å². The van der Waals surface area contributed by atoms with E-state index >= 15 is 0 Å². The van der Waals surface area contributed by atoms with Crippen molar-refractivity contribution in [3.05, 3.63) is 140 Å². The Bertz CT molecular complexity index is 2200. The molecule has 0 fully saturated rings. The Kier molecular flexibility index (Phi) is 5.28. The molecule has 1 aromatic heterocycles. The predicted octanol–water partition coefficient (Wildman–Crippen LogP) is 7.38. The summed E-state index contributed by atoms with van der Waals surface area (Å²) in [6.45, 7) is 0.0413. The highest BCUT2D eigenvalue weighted by atomic mass is 16.5. The summed E-state index contributed by atoms with van der Waals surface area (Å²) in [5.41, 5.74) is 9.43. The zero-order chi connectivity index (χ0) is 30.2. The van der Waals surface area contributed by atoms with E-state index in [4.69, 9.17) is 24.4 Å². The fourth-order valence-corrected chi connectivity index (χ4v) is 6.97. The predicted molar refractivity (Wildman–Crippen MR) is 182 cm³/mol. The van der Waals surface area contributed by atoms with Crippen molar-refractivity contribution in [1.82, 2.24) is 15.0 Å². The van der Waals surface area contributed by atoms with E-state index in [0.717, 1.165) is 73.1 Å². The van der Waals surface area contributed by atoms with Gasteiger partial charge in [0.2, 0.25) is 0 Å². The maximum atomic E-state index is 6.48. The Morgan fingerprint density at radius 2 is 0.804 bits per heavy atom. The number of anilines is 3. The second kappa shape index (κ2) is 9.65. The summed E-state index contributed by atoms with van der Waals surface area (Å²) in [6.07, 6.45) is 0. The molecule has 0 atom stereocenters. The maximum absolute atomic E-state index is 6.48. The molecule has 6 aromatic carbocycles. The number of rotatable bonds is 4. The van der Waals surface area contributed by atoms with Gasteiger partial charge in [-0.2, -0.15) is 0 Å². The van der Waals surface area contributed by atoms with E-state index in [1.54, 1.807) is 0 Å². The van der Waals surface area contributed by atoms with E-state index < -0.39 is 0 Å². The molecule has 0 spiro atoms. The van der Waals surface area contributed by atoms with E-state index in [9.17, 15) is 0 Å². The molecule has 3 aliphatic rings. The van der Waals surface area contributed by atoms with Crippen molar-refractivity contribution in [2.75, 3.05) is 4.90 Å². The summed E-state index contributed by atoms with van der Waals surface area (Å²) >= 11 is 0. The minimum absolute atomic E-state index is 0.0413. The molecule has 10 rings (SSSR count). The standard InChI is InChI=1S/C39H23BN4O2/c1-3-10-24(11-4-1)37-41-38(25-12-5-2-6-13-25)43-39(42-37)26-20-22-27(23-21-26)44-28-14-7-16-30-34(28)40-35-29(44)15-8-17-31(35)46-33-19-9-18-32(45-30)36(33)40/h1-23H. The van der Waals surface area contributed by atoms with Crippen LogP contribution in [-0.2, 0) is 0 Å². The molecule has 6 nitrogen and oxygen atoms in total. The highest BCUT2D eigenvalue weighted by molar-refractivity contribution is 7.00. The summed E-state index contributed by atoms with van der Waals surface area (Å²) in [7, 11) is 0. The minimum atomic E-state index is 0.0413. The number of nitrogens with zero attached hydrogens (tertiary/aromatic N) is 4. The van der Waals surface area contributed by atoms with Crippen LogP contribution in [0.1, 0.15) is 0 Å². The van der Waals surface area contributed by atoms with Crippen LogP contribution in [0.4, 0.5) is 17.1 Å². The summed E-state index contributed by atoms with van der Waals surface area (Å²) in [4.78, 5) is 17.0. The van der Waals surface area contributed by atoms with Gasteiger partial charge in [-0.1, -0.05) is 78.9 Å². The van der Waals surface area contributed by atoms with Crippen LogP contribution in [-0.4, -0.2) is 21.7 Å². The van der Waals surface area contributed by atoms with Gasteiger partial charge >= 0.3 is 0 Å². The smallest absolute Gasteiger partial charge is 0.266 e. The molecular formula is C39H23BN4O2. The SMILES string of the molecule is c1ccc(-c2nc(-c3ccccc3)nc(-c3ccc(N4c5cccc6c5B5c7c(cccc7Oc7cccc4c75)O6)cc3)n2)cc1. The third-order valence-corrected chi connectivity index (χ3v) is 8.98. The Hall–Kier alpha value is -6.21. The van der Waals surface area contributed by atoms with E-state index in [1.165, 1.54) is 0 Å². The van der Waals surface area contributed by atoms with E-state index in [2.05, 4.69) is 65.6 Å². The first-order valence-electron chi connectivity index (χ1n) is 15.3. The molecule has 4 heterocycles. The second-order valence-electron chi connectivity index (χ2n) is 11.6. The van der Waals surface area contributed by atoms with E-state index in [1.807, 2.05) is 78.9 Å². The molecule has 0 radical (unpaired) electrons. The lowest BCUT2D eigenvalue weighted by Gasteiger charge is -2.42. The quantitative estimate of drug-likeness (QED) is 0.199. The molecular weight excluding hydrogens is 567 g/mol. The van der Waals surface area contributed by atoms with Crippen LogP contribution in [0, 0.1) is 0 Å². The summed E-state index contributed by atoms with van der Waals surface area (Å²) < 4.78 is 13.0. The normalized spacial score (nSPS) is 13.0. The Labute approximate surface area is 265 Å². The van der Waals surface area contributed by atoms with Gasteiger partial charge in [-0.15, -0.1) is 0 Å². The summed E-state index contributed by atoms with van der Waals surface area (Å²) in [5, 5.41) is 0. The van der Waals surface area contributed by atoms with Gasteiger partial charge in [0, 0.05) is 39.2 Å². The zero-order valence-electron chi connectivity index (χ0n) is 24.5. The van der Waals surface area contributed by atoms with Crippen LogP contribution in [0.5, 0.6) is 23.0 Å². The maximum Gasteiger partial charge on any atom is 0.266 e. The average molecular weight is 590 g/mol. The van der Waals surface area contributed by atoms with Gasteiger partial charge in [-0.05, 0) is 71.6 Å². The van der Waals surface area contributed by atoms with Crippen LogP contribution < -0.4 is 30.8 Å². The molecule has 46 heavy (non-hydrogen) atoms.